The van der Waals surface area contributed by atoms with Crippen LogP contribution in [-0.2, 0) is 10.8 Å². The Bertz CT molecular complexity index is 2680. The minimum absolute atomic E-state index is 0.179. The summed E-state index contributed by atoms with van der Waals surface area (Å²) >= 11 is 0. The van der Waals surface area contributed by atoms with Crippen LogP contribution in [0.5, 0.6) is 23.0 Å². The predicted octanol–water partition coefficient (Wildman–Crippen LogP) is 12.0. The van der Waals surface area contributed by atoms with Gasteiger partial charge < -0.3 is 14.8 Å². The first-order valence-electron chi connectivity index (χ1n) is 18.5. The quantitative estimate of drug-likeness (QED) is 0.197. The van der Waals surface area contributed by atoms with E-state index >= 15 is 0 Å². The van der Waals surface area contributed by atoms with Crippen molar-refractivity contribution in [1.82, 2.24) is 0 Å². The molecule has 2 aliphatic heterocycles. The van der Waals surface area contributed by atoms with Crippen LogP contribution in [0.2, 0.25) is 0 Å². The largest absolute Gasteiger partial charge is 0.457 e. The van der Waals surface area contributed by atoms with Gasteiger partial charge in [-0.05, 0) is 87.8 Å². The number of ether oxygens (including phenoxy) is 2. The number of anilines is 1. The van der Waals surface area contributed by atoms with Crippen molar-refractivity contribution >= 4 is 11.3 Å². The Morgan fingerprint density at radius 1 is 0.453 bits per heavy atom. The number of rotatable bonds is 2. The van der Waals surface area contributed by atoms with E-state index in [2.05, 4.69) is 181 Å². The second kappa shape index (κ2) is 10.5. The molecule has 3 aliphatic carbocycles. The summed E-state index contributed by atoms with van der Waals surface area (Å²) in [5.74, 6) is 3.86. The maximum atomic E-state index is 6.60. The van der Waals surface area contributed by atoms with E-state index in [4.69, 9.17) is 9.47 Å². The van der Waals surface area contributed by atoms with Crippen LogP contribution < -0.4 is 14.8 Å². The molecule has 3 heteroatoms. The number of hydrogen-bond donors (Lipinski definition) is 1. The summed E-state index contributed by atoms with van der Waals surface area (Å²) in [6.07, 6.45) is 5.59. The SMILES string of the molecule is C1=CC(Nc2ccc3c(c2)C2(c4ccccc4Oc4ccccc42)c2ccccc2-3)=C2c3ccccc3C3(c4ccccc4Oc4ccccc43)C2C1. The van der Waals surface area contributed by atoms with Crippen LogP contribution in [0.25, 0.3) is 16.7 Å². The van der Waals surface area contributed by atoms with E-state index in [1.54, 1.807) is 0 Å². The van der Waals surface area contributed by atoms with Crippen molar-refractivity contribution in [2.75, 3.05) is 5.32 Å². The normalized spacial score (nSPS) is 18.0. The Morgan fingerprint density at radius 3 is 1.58 bits per heavy atom. The van der Waals surface area contributed by atoms with Gasteiger partial charge in [-0.15, -0.1) is 0 Å². The number of benzene rings is 7. The molecule has 1 unspecified atom stereocenters. The molecular weight excluding hydrogens is 647 g/mol. The summed E-state index contributed by atoms with van der Waals surface area (Å²) < 4.78 is 13.2. The Labute approximate surface area is 308 Å². The second-order valence-electron chi connectivity index (χ2n) is 14.7. The van der Waals surface area contributed by atoms with Gasteiger partial charge in [0.2, 0.25) is 0 Å². The minimum atomic E-state index is -0.517. The Morgan fingerprint density at radius 2 is 0.943 bits per heavy atom. The highest BCUT2D eigenvalue weighted by atomic mass is 16.5. The molecule has 7 aromatic carbocycles. The molecule has 12 rings (SSSR count). The molecule has 7 aromatic rings. The smallest absolute Gasteiger partial charge is 0.132 e. The molecular formula is C50H33NO2. The predicted molar refractivity (Wildman–Crippen MR) is 211 cm³/mol. The van der Waals surface area contributed by atoms with Crippen LogP contribution in [0.3, 0.4) is 0 Å². The Kier molecular flexibility index (Phi) is 5.75. The highest BCUT2D eigenvalue weighted by molar-refractivity contribution is 5.92. The van der Waals surface area contributed by atoms with Crippen molar-refractivity contribution in [1.29, 1.82) is 0 Å². The van der Waals surface area contributed by atoms with Crippen LogP contribution in [0, 0.1) is 5.92 Å². The molecule has 0 aromatic heterocycles. The van der Waals surface area contributed by atoms with Crippen LogP contribution in [-0.4, -0.2) is 0 Å². The van der Waals surface area contributed by atoms with Gasteiger partial charge in [0.25, 0.3) is 0 Å². The number of nitrogens with one attached hydrogen (secondary N) is 1. The lowest BCUT2D eigenvalue weighted by Crippen LogP contribution is -2.37. The van der Waals surface area contributed by atoms with Gasteiger partial charge in [0.15, 0.2) is 0 Å². The average molecular weight is 680 g/mol. The van der Waals surface area contributed by atoms with Crippen LogP contribution >= 0.6 is 0 Å². The fraction of sp³-hybridized carbons (Fsp3) is 0.0800. The van der Waals surface area contributed by atoms with Crippen molar-refractivity contribution in [3.8, 4) is 34.1 Å². The zero-order valence-corrected chi connectivity index (χ0v) is 28.8. The van der Waals surface area contributed by atoms with Crippen molar-refractivity contribution in [2.24, 2.45) is 5.92 Å². The van der Waals surface area contributed by atoms with Crippen LogP contribution in [0.4, 0.5) is 5.69 Å². The molecule has 0 radical (unpaired) electrons. The third-order valence-corrected chi connectivity index (χ3v) is 12.4. The Hall–Kier alpha value is -6.58. The fourth-order valence-electron chi connectivity index (χ4n) is 10.6. The van der Waals surface area contributed by atoms with Gasteiger partial charge >= 0.3 is 0 Å². The van der Waals surface area contributed by atoms with E-state index in [0.717, 1.165) is 40.8 Å². The van der Waals surface area contributed by atoms with Gasteiger partial charge in [0, 0.05) is 39.6 Å². The fourth-order valence-corrected chi connectivity index (χ4v) is 10.6. The molecule has 250 valence electrons. The number of hydrogen-bond acceptors (Lipinski definition) is 3. The van der Waals surface area contributed by atoms with E-state index in [1.807, 2.05) is 0 Å². The zero-order valence-electron chi connectivity index (χ0n) is 28.8. The zero-order chi connectivity index (χ0) is 34.7. The standard InChI is InChI=1S/C50H33NO2/c1-3-16-35-32(14-1)33-29-28-31(30-42(33)50(35)39-20-7-11-26-46(39)53-47-27-12-8-21-40(47)50)51-43-23-13-22-41-48(43)34-15-2-4-17-36(34)49(41)37-18-5-9-24-44(37)52-45-25-10-6-19-38(45)49/h1-21,23-30,41,51H,22H2. The molecule has 5 aliphatic rings. The first-order valence-corrected chi connectivity index (χ1v) is 18.5. The molecule has 0 bridgehead atoms. The van der Waals surface area contributed by atoms with Crippen LogP contribution in [0.15, 0.2) is 182 Å². The third kappa shape index (κ3) is 3.59. The van der Waals surface area contributed by atoms with Crippen molar-refractivity contribution in [3.63, 3.8) is 0 Å². The summed E-state index contributed by atoms with van der Waals surface area (Å²) in [5.41, 5.74) is 15.2. The molecule has 2 spiro atoms. The van der Waals surface area contributed by atoms with E-state index < -0.39 is 5.41 Å². The summed E-state index contributed by atoms with van der Waals surface area (Å²) in [7, 11) is 0. The van der Waals surface area contributed by atoms with Gasteiger partial charge in [-0.2, -0.15) is 0 Å². The van der Waals surface area contributed by atoms with E-state index in [-0.39, 0.29) is 11.3 Å². The summed E-state index contributed by atoms with van der Waals surface area (Å²) in [6, 6.07) is 59.3. The van der Waals surface area contributed by atoms with Gasteiger partial charge in [-0.1, -0.05) is 133 Å². The summed E-state index contributed by atoms with van der Waals surface area (Å²) in [5, 5.41) is 4.02. The van der Waals surface area contributed by atoms with Gasteiger partial charge in [-0.3, -0.25) is 0 Å². The van der Waals surface area contributed by atoms with E-state index in [0.29, 0.717) is 0 Å². The molecule has 0 saturated carbocycles. The lowest BCUT2D eigenvalue weighted by atomic mass is 9.61. The second-order valence-corrected chi connectivity index (χ2v) is 14.7. The lowest BCUT2D eigenvalue weighted by molar-refractivity contribution is 0.382. The summed E-state index contributed by atoms with van der Waals surface area (Å²) in [4.78, 5) is 0. The monoisotopic (exact) mass is 679 g/mol. The van der Waals surface area contributed by atoms with Crippen molar-refractivity contribution in [2.45, 2.75) is 17.3 Å². The molecule has 1 N–H and O–H groups in total. The Balaban J connectivity index is 1.07. The van der Waals surface area contributed by atoms with E-state index in [1.165, 1.54) is 61.2 Å². The average Bonchev–Trinajstić information content (AvgIpc) is 3.67. The van der Waals surface area contributed by atoms with Crippen molar-refractivity contribution < 1.29 is 9.47 Å². The third-order valence-electron chi connectivity index (χ3n) is 12.4. The molecule has 3 nitrogen and oxygen atoms in total. The van der Waals surface area contributed by atoms with Gasteiger partial charge in [0.1, 0.15) is 23.0 Å². The minimum Gasteiger partial charge on any atom is -0.457 e. The molecule has 2 heterocycles. The molecule has 1 atom stereocenters. The van der Waals surface area contributed by atoms with Crippen molar-refractivity contribution in [3.05, 3.63) is 226 Å². The first-order chi connectivity index (χ1) is 26.3. The molecule has 0 saturated heterocycles. The number of allylic oxidation sites excluding steroid dienone is 3. The molecule has 0 fully saturated rings. The van der Waals surface area contributed by atoms with Crippen LogP contribution in [0.1, 0.15) is 50.9 Å². The van der Waals surface area contributed by atoms with Gasteiger partial charge in [-0.25, -0.2) is 0 Å². The van der Waals surface area contributed by atoms with E-state index in [9.17, 15) is 0 Å². The number of para-hydroxylation sites is 4. The molecule has 53 heavy (non-hydrogen) atoms. The lowest BCUT2D eigenvalue weighted by Gasteiger charge is -2.43. The highest BCUT2D eigenvalue weighted by Gasteiger charge is 2.56. The maximum Gasteiger partial charge on any atom is 0.132 e. The maximum absolute atomic E-state index is 6.60. The topological polar surface area (TPSA) is 30.5 Å². The summed E-state index contributed by atoms with van der Waals surface area (Å²) in [6.45, 7) is 0. The first kappa shape index (κ1) is 29.0. The highest BCUT2D eigenvalue weighted by Crippen LogP contribution is 2.66. The molecule has 0 amide bonds. The van der Waals surface area contributed by atoms with Gasteiger partial charge in [0.05, 0.1) is 10.8 Å². The number of fused-ring (bicyclic) bond motifs is 18.